The summed E-state index contributed by atoms with van der Waals surface area (Å²) in [5, 5.41) is 1.79. The molecule has 0 aliphatic heterocycles. The van der Waals surface area contributed by atoms with E-state index in [1.54, 1.807) is 0 Å². The normalized spacial score (nSPS) is 13.4. The Morgan fingerprint density at radius 1 is 1.27 bits per heavy atom. The lowest BCUT2D eigenvalue weighted by Crippen LogP contribution is -2.44. The highest BCUT2D eigenvalue weighted by Gasteiger charge is 2.23. The molecule has 0 fully saturated rings. The lowest BCUT2D eigenvalue weighted by atomic mass is 10.2. The molecule has 1 aromatic carbocycles. The summed E-state index contributed by atoms with van der Waals surface area (Å²) in [6.07, 6.45) is 3.13. The largest absolute Gasteiger partial charge is 0.357 e. The van der Waals surface area contributed by atoms with E-state index in [1.807, 2.05) is 30.3 Å². The van der Waals surface area contributed by atoms with Gasteiger partial charge in [0.25, 0.3) is 0 Å². The van der Waals surface area contributed by atoms with Crippen molar-refractivity contribution in [2.75, 3.05) is 6.54 Å². The molecule has 1 aromatic rings. The Kier molecular flexibility index (Phi) is 9.46. The first-order valence-electron chi connectivity index (χ1n) is 7.41. The molecule has 0 saturated carbocycles. The summed E-state index contributed by atoms with van der Waals surface area (Å²) < 4.78 is 5.42. The number of benzene rings is 1. The number of nitrogens with two attached hydrogens (primary N) is 1. The molecule has 22 heavy (non-hydrogen) atoms. The summed E-state index contributed by atoms with van der Waals surface area (Å²) in [6, 6.07) is 9.54. The van der Waals surface area contributed by atoms with Crippen molar-refractivity contribution in [1.29, 1.82) is 0 Å². The Bertz CT molecular complexity index is 442. The molecule has 0 aliphatic carbocycles. The molecule has 0 spiro atoms. The van der Waals surface area contributed by atoms with Crippen LogP contribution in [0, 0.1) is 0 Å². The fourth-order valence-corrected chi connectivity index (χ4v) is 1.99. The molecule has 3 N–H and O–H groups in total. The molecular weight excluding hydrogens is 304 g/mol. The molecule has 2 atom stereocenters. The minimum Gasteiger partial charge on any atom is -0.357 e. The molecule has 1 amide bonds. The number of carbonyl (C=O) groups excluding carboxylic acids is 2. The summed E-state index contributed by atoms with van der Waals surface area (Å²) in [5.41, 5.74) is 6.75. The maximum Gasteiger partial charge on any atom is 0.242 e. The topological polar surface area (TPSA) is 81.4 Å². The van der Waals surface area contributed by atoms with Crippen LogP contribution in [0.5, 0.6) is 0 Å². The van der Waals surface area contributed by atoms with Gasteiger partial charge in [0.15, 0.2) is 5.38 Å². The van der Waals surface area contributed by atoms with Crippen LogP contribution in [0.1, 0.15) is 31.2 Å². The number of rotatable bonds is 11. The number of hydrogen-bond acceptors (Lipinski definition) is 4. The van der Waals surface area contributed by atoms with Gasteiger partial charge in [0.1, 0.15) is 12.5 Å². The second-order valence-electron chi connectivity index (χ2n) is 4.97. The molecule has 2 unspecified atom stereocenters. The van der Waals surface area contributed by atoms with Gasteiger partial charge in [-0.05, 0) is 18.4 Å². The van der Waals surface area contributed by atoms with Crippen LogP contribution in [0.3, 0.4) is 0 Å². The standard InChI is InChI=1S/C16H23ClN2O3/c17-14(16(21)19-10-6-1-2-7-11-20)15(18)22-12-13-8-4-3-5-9-13/h3-5,8-9,11,14-15H,1-2,6-7,10,12,18H2,(H,19,21). The molecule has 0 bridgehead atoms. The van der Waals surface area contributed by atoms with Crippen LogP contribution in [0.2, 0.25) is 0 Å². The number of ether oxygens (including phenoxy) is 1. The van der Waals surface area contributed by atoms with Crippen LogP contribution >= 0.6 is 11.6 Å². The average molecular weight is 327 g/mol. The lowest BCUT2D eigenvalue weighted by Gasteiger charge is -2.18. The van der Waals surface area contributed by atoms with E-state index in [1.165, 1.54) is 0 Å². The molecule has 0 aliphatic rings. The number of halogens is 1. The zero-order valence-corrected chi connectivity index (χ0v) is 13.3. The Hall–Kier alpha value is -1.43. The van der Waals surface area contributed by atoms with E-state index in [2.05, 4.69) is 5.32 Å². The highest BCUT2D eigenvalue weighted by atomic mass is 35.5. The zero-order chi connectivity index (χ0) is 16.2. The van der Waals surface area contributed by atoms with Gasteiger partial charge in [0, 0.05) is 13.0 Å². The van der Waals surface area contributed by atoms with Gasteiger partial charge < -0.3 is 20.6 Å². The van der Waals surface area contributed by atoms with Crippen molar-refractivity contribution in [3.63, 3.8) is 0 Å². The third-order valence-electron chi connectivity index (χ3n) is 3.12. The molecule has 5 nitrogen and oxygen atoms in total. The van der Waals surface area contributed by atoms with Gasteiger partial charge >= 0.3 is 0 Å². The lowest BCUT2D eigenvalue weighted by molar-refractivity contribution is -0.123. The van der Waals surface area contributed by atoms with Crippen LogP contribution in [0.4, 0.5) is 0 Å². The third kappa shape index (κ3) is 7.54. The van der Waals surface area contributed by atoms with E-state index in [4.69, 9.17) is 22.1 Å². The minimum absolute atomic E-state index is 0.310. The predicted octanol–water partition coefficient (Wildman–Crippen LogP) is 1.97. The second kappa shape index (κ2) is 11.2. The predicted molar refractivity (Wildman–Crippen MR) is 86.4 cm³/mol. The number of aldehydes is 1. The third-order valence-corrected chi connectivity index (χ3v) is 3.57. The van der Waals surface area contributed by atoms with Gasteiger partial charge in [0.05, 0.1) is 6.61 Å². The molecule has 0 saturated heterocycles. The number of amides is 1. The first-order chi connectivity index (χ1) is 10.6. The van der Waals surface area contributed by atoms with Crippen molar-refractivity contribution in [2.24, 2.45) is 5.73 Å². The van der Waals surface area contributed by atoms with Gasteiger partial charge in [-0.15, -0.1) is 11.6 Å². The molecule has 0 heterocycles. The smallest absolute Gasteiger partial charge is 0.242 e. The maximum absolute atomic E-state index is 11.8. The zero-order valence-electron chi connectivity index (χ0n) is 12.5. The highest BCUT2D eigenvalue weighted by Crippen LogP contribution is 2.07. The summed E-state index contributed by atoms with van der Waals surface area (Å²) >= 11 is 6.00. The van der Waals surface area contributed by atoms with Crippen LogP contribution in [-0.2, 0) is 20.9 Å². The van der Waals surface area contributed by atoms with E-state index in [0.29, 0.717) is 19.6 Å². The van der Waals surface area contributed by atoms with E-state index < -0.39 is 11.6 Å². The minimum atomic E-state index is -0.932. The summed E-state index contributed by atoms with van der Waals surface area (Å²) in [5.74, 6) is -0.336. The van der Waals surface area contributed by atoms with Gasteiger partial charge in [-0.3, -0.25) is 4.79 Å². The maximum atomic E-state index is 11.8. The van der Waals surface area contributed by atoms with Crippen molar-refractivity contribution in [3.05, 3.63) is 35.9 Å². The molecule has 1 rings (SSSR count). The van der Waals surface area contributed by atoms with E-state index in [0.717, 1.165) is 31.1 Å². The highest BCUT2D eigenvalue weighted by molar-refractivity contribution is 6.31. The first kappa shape index (κ1) is 18.6. The van der Waals surface area contributed by atoms with Crippen LogP contribution < -0.4 is 11.1 Å². The number of alkyl halides is 1. The van der Waals surface area contributed by atoms with Crippen molar-refractivity contribution >= 4 is 23.8 Å². The van der Waals surface area contributed by atoms with E-state index >= 15 is 0 Å². The second-order valence-corrected chi connectivity index (χ2v) is 5.44. The van der Waals surface area contributed by atoms with Gasteiger partial charge in [-0.1, -0.05) is 36.8 Å². The number of hydrogen-bond donors (Lipinski definition) is 2. The average Bonchev–Trinajstić information content (AvgIpc) is 2.55. The Morgan fingerprint density at radius 2 is 2.00 bits per heavy atom. The number of carbonyl (C=O) groups is 2. The summed E-state index contributed by atoms with van der Waals surface area (Å²) in [4.78, 5) is 22.0. The molecule has 0 aromatic heterocycles. The Labute approximate surface area is 136 Å². The molecular formula is C16H23ClN2O3. The molecule has 122 valence electrons. The monoisotopic (exact) mass is 326 g/mol. The first-order valence-corrected chi connectivity index (χ1v) is 7.85. The SMILES string of the molecule is NC(OCc1ccccc1)C(Cl)C(=O)NCCCCCC=O. The van der Waals surface area contributed by atoms with E-state index in [-0.39, 0.29) is 5.91 Å². The van der Waals surface area contributed by atoms with Gasteiger partial charge in [0.2, 0.25) is 5.91 Å². The summed E-state index contributed by atoms with van der Waals surface area (Å²) in [7, 11) is 0. The van der Waals surface area contributed by atoms with Crippen molar-refractivity contribution in [3.8, 4) is 0 Å². The van der Waals surface area contributed by atoms with E-state index in [9.17, 15) is 9.59 Å². The Morgan fingerprint density at radius 3 is 2.68 bits per heavy atom. The quantitative estimate of drug-likeness (QED) is 0.282. The molecule has 0 radical (unpaired) electrons. The van der Waals surface area contributed by atoms with Gasteiger partial charge in [-0.2, -0.15) is 0 Å². The van der Waals surface area contributed by atoms with Gasteiger partial charge in [-0.25, -0.2) is 0 Å². The van der Waals surface area contributed by atoms with Crippen LogP contribution in [-0.4, -0.2) is 30.3 Å². The van der Waals surface area contributed by atoms with Crippen LogP contribution in [0.15, 0.2) is 30.3 Å². The molecule has 6 heteroatoms. The van der Waals surface area contributed by atoms with Crippen molar-refractivity contribution in [1.82, 2.24) is 5.32 Å². The Balaban J connectivity index is 2.19. The fourth-order valence-electron chi connectivity index (χ4n) is 1.84. The summed E-state index contributed by atoms with van der Waals surface area (Å²) in [6.45, 7) is 0.830. The fraction of sp³-hybridized carbons (Fsp3) is 0.500. The van der Waals surface area contributed by atoms with Crippen molar-refractivity contribution < 1.29 is 14.3 Å². The van der Waals surface area contributed by atoms with Crippen molar-refractivity contribution in [2.45, 2.75) is 43.9 Å². The van der Waals surface area contributed by atoms with Crippen LogP contribution in [0.25, 0.3) is 0 Å². The number of unbranched alkanes of at least 4 members (excludes halogenated alkanes) is 3. The number of nitrogens with one attached hydrogen (secondary N) is 1.